The molecule has 1 heterocycles. The van der Waals surface area contributed by atoms with E-state index in [1.165, 1.54) is 55.1 Å². The van der Waals surface area contributed by atoms with Gasteiger partial charge in [-0.1, -0.05) is 23.7 Å². The van der Waals surface area contributed by atoms with Crippen LogP contribution < -0.4 is 10.0 Å². The number of rotatable bonds is 6. The van der Waals surface area contributed by atoms with Crippen molar-refractivity contribution in [2.45, 2.75) is 24.4 Å². The van der Waals surface area contributed by atoms with E-state index in [4.69, 9.17) is 11.6 Å². The van der Waals surface area contributed by atoms with Crippen LogP contribution in [0.15, 0.2) is 59.6 Å². The highest BCUT2D eigenvalue weighted by atomic mass is 35.5. The first-order valence-electron chi connectivity index (χ1n) is 8.88. The molecule has 10 heteroatoms. The van der Waals surface area contributed by atoms with E-state index >= 15 is 0 Å². The lowest BCUT2D eigenvalue weighted by molar-refractivity contribution is 0.101. The SMILES string of the molecule is Cn1nccc1C(=O)Nc1ccc(S(=O)(=O)Nc2cccc(C(C)(C)F)c2)c(Cl)c1. The van der Waals surface area contributed by atoms with Crippen molar-refractivity contribution in [1.29, 1.82) is 0 Å². The fraction of sp³-hybridized carbons (Fsp3) is 0.200. The molecule has 0 aliphatic heterocycles. The average Bonchev–Trinajstić information content (AvgIpc) is 3.07. The van der Waals surface area contributed by atoms with E-state index in [-0.39, 0.29) is 15.6 Å². The van der Waals surface area contributed by atoms with Crippen molar-refractivity contribution in [2.75, 3.05) is 10.0 Å². The number of alkyl halides is 1. The molecule has 0 saturated heterocycles. The van der Waals surface area contributed by atoms with Crippen LogP contribution in [-0.2, 0) is 22.7 Å². The van der Waals surface area contributed by atoms with Crippen molar-refractivity contribution in [3.05, 3.63) is 71.0 Å². The number of carbonyl (C=O) groups excluding carboxylic acids is 1. The summed E-state index contributed by atoms with van der Waals surface area (Å²) in [5.41, 5.74) is -0.413. The summed E-state index contributed by atoms with van der Waals surface area (Å²) in [5.74, 6) is -0.412. The number of nitrogens with one attached hydrogen (secondary N) is 2. The Morgan fingerprint density at radius 3 is 2.47 bits per heavy atom. The Kier molecular flexibility index (Phi) is 5.87. The number of benzene rings is 2. The minimum Gasteiger partial charge on any atom is -0.321 e. The minimum atomic E-state index is -4.03. The molecule has 1 amide bonds. The Morgan fingerprint density at radius 2 is 1.87 bits per heavy atom. The van der Waals surface area contributed by atoms with Gasteiger partial charge in [0.05, 0.1) is 5.02 Å². The fourth-order valence-corrected chi connectivity index (χ4v) is 4.35. The van der Waals surface area contributed by atoms with Crippen molar-refractivity contribution in [3.8, 4) is 0 Å². The number of halogens is 2. The Morgan fingerprint density at radius 1 is 1.13 bits per heavy atom. The number of hydrogen-bond acceptors (Lipinski definition) is 4. The fourth-order valence-electron chi connectivity index (χ4n) is 2.75. The number of anilines is 2. The number of sulfonamides is 1. The van der Waals surface area contributed by atoms with Gasteiger partial charge in [-0.15, -0.1) is 0 Å². The summed E-state index contributed by atoms with van der Waals surface area (Å²) in [6, 6.07) is 11.7. The minimum absolute atomic E-state index is 0.0766. The lowest BCUT2D eigenvalue weighted by atomic mass is 10.00. The molecule has 0 aliphatic rings. The van der Waals surface area contributed by atoms with Gasteiger partial charge in [-0.2, -0.15) is 5.10 Å². The van der Waals surface area contributed by atoms with Crippen LogP contribution in [0.2, 0.25) is 5.02 Å². The molecule has 0 unspecified atom stereocenters. The molecule has 0 aliphatic carbocycles. The molecular formula is C20H20ClFN4O3S. The van der Waals surface area contributed by atoms with Crippen molar-refractivity contribution < 1.29 is 17.6 Å². The first-order valence-corrected chi connectivity index (χ1v) is 10.7. The lowest BCUT2D eigenvalue weighted by Gasteiger charge is -2.16. The molecule has 0 atom stereocenters. The molecule has 2 aromatic carbocycles. The van der Waals surface area contributed by atoms with Crippen LogP contribution in [0.5, 0.6) is 0 Å². The van der Waals surface area contributed by atoms with Crippen LogP contribution in [0.4, 0.5) is 15.8 Å². The molecule has 0 fully saturated rings. The van der Waals surface area contributed by atoms with E-state index < -0.39 is 21.6 Å². The second-order valence-corrected chi connectivity index (χ2v) is 9.16. The normalized spacial score (nSPS) is 11.9. The van der Waals surface area contributed by atoms with E-state index in [9.17, 15) is 17.6 Å². The maximum Gasteiger partial charge on any atom is 0.273 e. The molecule has 0 radical (unpaired) electrons. The number of aromatic nitrogens is 2. The van der Waals surface area contributed by atoms with Crippen molar-refractivity contribution in [1.82, 2.24) is 9.78 Å². The summed E-state index contributed by atoms with van der Waals surface area (Å²) in [6.45, 7) is 2.77. The number of amides is 1. The third kappa shape index (κ3) is 4.80. The van der Waals surface area contributed by atoms with Gasteiger partial charge < -0.3 is 5.32 Å². The average molecular weight is 451 g/mol. The van der Waals surface area contributed by atoms with Gasteiger partial charge in [0.15, 0.2) is 0 Å². The Balaban J connectivity index is 1.82. The quantitative estimate of drug-likeness (QED) is 0.584. The highest BCUT2D eigenvalue weighted by Crippen LogP contribution is 2.30. The zero-order chi connectivity index (χ0) is 22.1. The predicted molar refractivity (Wildman–Crippen MR) is 114 cm³/mol. The molecule has 0 bridgehead atoms. The first kappa shape index (κ1) is 21.8. The summed E-state index contributed by atoms with van der Waals surface area (Å²) in [5, 5.41) is 6.48. The smallest absolute Gasteiger partial charge is 0.273 e. The molecule has 7 nitrogen and oxygen atoms in total. The predicted octanol–water partition coefficient (Wildman–Crippen LogP) is 4.33. The van der Waals surface area contributed by atoms with Gasteiger partial charge >= 0.3 is 0 Å². The van der Waals surface area contributed by atoms with Crippen LogP contribution >= 0.6 is 11.6 Å². The van der Waals surface area contributed by atoms with Gasteiger partial charge in [-0.3, -0.25) is 14.2 Å². The number of carbonyl (C=O) groups is 1. The van der Waals surface area contributed by atoms with E-state index in [1.54, 1.807) is 25.2 Å². The summed E-state index contributed by atoms with van der Waals surface area (Å²) in [4.78, 5) is 12.1. The highest BCUT2D eigenvalue weighted by Gasteiger charge is 2.22. The second kappa shape index (κ2) is 8.08. The summed E-state index contributed by atoms with van der Waals surface area (Å²) >= 11 is 6.18. The van der Waals surface area contributed by atoms with Crippen LogP contribution in [0.25, 0.3) is 0 Å². The van der Waals surface area contributed by atoms with Gasteiger partial charge in [-0.25, -0.2) is 12.8 Å². The lowest BCUT2D eigenvalue weighted by Crippen LogP contribution is -2.17. The zero-order valence-electron chi connectivity index (χ0n) is 16.5. The third-order valence-electron chi connectivity index (χ3n) is 4.33. The maximum absolute atomic E-state index is 14.2. The number of hydrogen-bond donors (Lipinski definition) is 2. The van der Waals surface area contributed by atoms with E-state index in [1.807, 2.05) is 0 Å². The van der Waals surface area contributed by atoms with Crippen LogP contribution in [0.1, 0.15) is 29.9 Å². The number of aryl methyl sites for hydroxylation is 1. The second-order valence-electron chi connectivity index (χ2n) is 7.10. The molecule has 158 valence electrons. The summed E-state index contributed by atoms with van der Waals surface area (Å²) in [7, 11) is -2.41. The largest absolute Gasteiger partial charge is 0.321 e. The monoisotopic (exact) mass is 450 g/mol. The Hall–Kier alpha value is -2.91. The molecule has 0 saturated carbocycles. The van der Waals surface area contributed by atoms with E-state index in [0.717, 1.165) is 0 Å². The molecule has 2 N–H and O–H groups in total. The van der Waals surface area contributed by atoms with Crippen molar-refractivity contribution in [3.63, 3.8) is 0 Å². The van der Waals surface area contributed by atoms with Gasteiger partial charge in [0, 0.05) is 24.6 Å². The molecule has 0 spiro atoms. The van der Waals surface area contributed by atoms with E-state index in [2.05, 4.69) is 15.1 Å². The van der Waals surface area contributed by atoms with Gasteiger partial charge in [0.2, 0.25) is 0 Å². The Labute approximate surface area is 178 Å². The van der Waals surface area contributed by atoms with Gasteiger partial charge in [0.1, 0.15) is 16.3 Å². The van der Waals surface area contributed by atoms with Crippen molar-refractivity contribution in [2.24, 2.45) is 7.05 Å². The molecule has 3 aromatic rings. The third-order valence-corrected chi connectivity index (χ3v) is 6.20. The molecule has 1 aromatic heterocycles. The van der Waals surface area contributed by atoms with Crippen LogP contribution in [-0.4, -0.2) is 24.1 Å². The van der Waals surface area contributed by atoms with Gasteiger partial charge in [0.25, 0.3) is 15.9 Å². The van der Waals surface area contributed by atoms with Crippen molar-refractivity contribution >= 4 is 38.9 Å². The standard InChI is InChI=1S/C20H20ClFN4O3S/c1-20(2,22)13-5-4-6-15(11-13)25-30(28,29)18-8-7-14(12-16(18)21)24-19(27)17-9-10-23-26(17)3/h4-12,25H,1-3H3,(H,24,27). The van der Waals surface area contributed by atoms with Crippen LogP contribution in [0, 0.1) is 0 Å². The highest BCUT2D eigenvalue weighted by molar-refractivity contribution is 7.92. The molecule has 3 rings (SSSR count). The topological polar surface area (TPSA) is 93.1 Å². The number of nitrogens with zero attached hydrogens (tertiary/aromatic N) is 2. The summed E-state index contributed by atoms with van der Waals surface area (Å²) in [6.07, 6.45) is 1.49. The maximum atomic E-state index is 14.2. The first-order chi connectivity index (χ1) is 14.0. The molecular weight excluding hydrogens is 431 g/mol. The summed E-state index contributed by atoms with van der Waals surface area (Å²) < 4.78 is 43.5. The van der Waals surface area contributed by atoms with Gasteiger partial charge in [-0.05, 0) is 55.8 Å². The van der Waals surface area contributed by atoms with E-state index in [0.29, 0.717) is 16.9 Å². The zero-order valence-corrected chi connectivity index (χ0v) is 18.1. The Bertz CT molecular complexity index is 1200. The van der Waals surface area contributed by atoms with Crippen LogP contribution in [0.3, 0.4) is 0 Å². The molecule has 30 heavy (non-hydrogen) atoms.